The van der Waals surface area contributed by atoms with E-state index in [0.29, 0.717) is 5.25 Å². The van der Waals surface area contributed by atoms with Gasteiger partial charge in [-0.3, -0.25) is 0 Å². The summed E-state index contributed by atoms with van der Waals surface area (Å²) in [5.74, 6) is 0. The highest BCUT2D eigenvalue weighted by Crippen LogP contribution is 2.32. The Morgan fingerprint density at radius 2 is 2.12 bits per heavy atom. The summed E-state index contributed by atoms with van der Waals surface area (Å²) in [6, 6.07) is 12.9. The van der Waals surface area contributed by atoms with Crippen LogP contribution in [0.25, 0.3) is 0 Å². The number of benzene rings is 1. The van der Waals surface area contributed by atoms with Crippen LogP contribution in [0.4, 0.5) is 0 Å². The summed E-state index contributed by atoms with van der Waals surface area (Å²) in [4.78, 5) is 6.93. The lowest BCUT2D eigenvalue weighted by Gasteiger charge is -2.18. The minimum atomic E-state index is 0.507. The van der Waals surface area contributed by atoms with E-state index in [1.807, 2.05) is 36.5 Å². The summed E-state index contributed by atoms with van der Waals surface area (Å²) in [7, 11) is 0. The molecule has 24 heavy (non-hydrogen) atoms. The third kappa shape index (κ3) is 4.88. The fourth-order valence-corrected chi connectivity index (χ4v) is 5.16. The summed E-state index contributed by atoms with van der Waals surface area (Å²) >= 11 is 9.74. The molecule has 0 saturated heterocycles. The molecule has 0 radical (unpaired) electrons. The van der Waals surface area contributed by atoms with Gasteiger partial charge >= 0.3 is 0 Å². The van der Waals surface area contributed by atoms with Crippen molar-refractivity contribution in [3.05, 3.63) is 69.9 Å². The molecule has 2 nitrogen and oxygen atoms in total. The van der Waals surface area contributed by atoms with Gasteiger partial charge in [0.15, 0.2) is 0 Å². The van der Waals surface area contributed by atoms with Gasteiger partial charge in [-0.05, 0) is 43.0 Å². The van der Waals surface area contributed by atoms with Crippen molar-refractivity contribution in [2.24, 2.45) is 0 Å². The maximum Gasteiger partial charge on any atom is 0.0946 e. The summed E-state index contributed by atoms with van der Waals surface area (Å²) in [5, 5.41) is 0.507. The van der Waals surface area contributed by atoms with Crippen LogP contribution in [0.5, 0.6) is 0 Å². The average Bonchev–Trinajstić information content (AvgIpc) is 3.25. The first-order chi connectivity index (χ1) is 11.7. The van der Waals surface area contributed by atoms with Crippen LogP contribution in [0.2, 0.25) is 4.34 Å². The predicted octanol–water partition coefficient (Wildman–Crippen LogP) is 5.95. The molecule has 1 atom stereocenters. The van der Waals surface area contributed by atoms with Gasteiger partial charge in [0.2, 0.25) is 0 Å². The number of thiophene rings is 1. The van der Waals surface area contributed by atoms with E-state index < -0.39 is 0 Å². The fraction of sp³-hybridized carbons (Fsp3) is 0.316. The van der Waals surface area contributed by atoms with Crippen LogP contribution in [0.3, 0.4) is 0 Å². The van der Waals surface area contributed by atoms with Gasteiger partial charge in [-0.2, -0.15) is 0 Å². The molecule has 1 unspecified atom stereocenters. The van der Waals surface area contributed by atoms with Crippen LogP contribution < -0.4 is 0 Å². The molecule has 0 aliphatic heterocycles. The Labute approximate surface area is 156 Å². The van der Waals surface area contributed by atoms with Crippen molar-refractivity contribution < 1.29 is 0 Å². The van der Waals surface area contributed by atoms with E-state index in [0.717, 1.165) is 30.1 Å². The SMILES string of the molecule is CCc1ccccc1SC(CCc1ccc(Cl)s1)Cn1ccnc1. The van der Waals surface area contributed by atoms with Crippen LogP contribution in [-0.4, -0.2) is 14.8 Å². The molecule has 0 saturated carbocycles. The first-order valence-corrected chi connectivity index (χ1v) is 10.3. The van der Waals surface area contributed by atoms with Crippen molar-refractivity contribution in [1.82, 2.24) is 9.55 Å². The van der Waals surface area contributed by atoms with Crippen molar-refractivity contribution >= 4 is 34.7 Å². The second-order valence-corrected chi connectivity index (χ2v) is 8.85. The van der Waals surface area contributed by atoms with Crippen molar-refractivity contribution in [1.29, 1.82) is 0 Å². The van der Waals surface area contributed by atoms with Crippen LogP contribution in [0.1, 0.15) is 23.8 Å². The van der Waals surface area contributed by atoms with Crippen molar-refractivity contribution in [3.8, 4) is 0 Å². The van der Waals surface area contributed by atoms with Gasteiger partial charge in [0.25, 0.3) is 0 Å². The minimum absolute atomic E-state index is 0.507. The lowest BCUT2D eigenvalue weighted by Crippen LogP contribution is -2.13. The maximum atomic E-state index is 6.06. The van der Waals surface area contributed by atoms with Gasteiger partial charge in [-0.1, -0.05) is 36.7 Å². The molecule has 5 heteroatoms. The van der Waals surface area contributed by atoms with Crippen molar-refractivity contribution in [3.63, 3.8) is 0 Å². The van der Waals surface area contributed by atoms with E-state index in [4.69, 9.17) is 11.6 Å². The molecule has 0 N–H and O–H groups in total. The van der Waals surface area contributed by atoms with Crippen LogP contribution in [0, 0.1) is 0 Å². The molecule has 0 spiro atoms. The molecule has 1 aromatic carbocycles. The molecule has 3 aromatic rings. The molecule has 0 aliphatic rings. The molecule has 2 heterocycles. The largest absolute Gasteiger partial charge is 0.336 e. The standard InChI is InChI=1S/C19H21ClN2S2/c1-2-15-5-3-4-6-18(15)23-17(13-22-12-11-21-14-22)8-7-16-9-10-19(20)24-16/h3-6,9-12,14,17H,2,7-8,13H2,1H3. The summed E-state index contributed by atoms with van der Waals surface area (Å²) in [5.41, 5.74) is 1.43. The molecule has 2 aromatic heterocycles. The highest BCUT2D eigenvalue weighted by molar-refractivity contribution is 8.00. The molecule has 3 rings (SSSR count). The highest BCUT2D eigenvalue weighted by Gasteiger charge is 2.14. The zero-order valence-corrected chi connectivity index (χ0v) is 16.1. The summed E-state index contributed by atoms with van der Waals surface area (Å²) < 4.78 is 3.05. The van der Waals surface area contributed by atoms with Crippen molar-refractivity contribution in [2.45, 2.75) is 42.9 Å². The Bertz CT molecular complexity index is 752. The van der Waals surface area contributed by atoms with E-state index >= 15 is 0 Å². The lowest BCUT2D eigenvalue weighted by atomic mass is 10.2. The number of rotatable bonds is 8. The quantitative estimate of drug-likeness (QED) is 0.452. The van der Waals surface area contributed by atoms with E-state index in [1.54, 1.807) is 11.3 Å². The molecule has 126 valence electrons. The molecule has 0 bridgehead atoms. The first kappa shape index (κ1) is 17.6. The van der Waals surface area contributed by atoms with Gasteiger partial charge in [-0.25, -0.2) is 4.98 Å². The molecule has 0 amide bonds. The maximum absolute atomic E-state index is 6.06. The monoisotopic (exact) mass is 376 g/mol. The third-order valence-electron chi connectivity index (χ3n) is 3.96. The first-order valence-electron chi connectivity index (χ1n) is 8.19. The van der Waals surface area contributed by atoms with Crippen LogP contribution in [-0.2, 0) is 19.4 Å². The minimum Gasteiger partial charge on any atom is -0.336 e. The fourth-order valence-electron chi connectivity index (χ4n) is 2.70. The van der Waals surface area contributed by atoms with Gasteiger partial charge < -0.3 is 4.57 Å². The average molecular weight is 377 g/mol. The number of nitrogens with zero attached hydrogens (tertiary/aromatic N) is 2. The zero-order chi connectivity index (χ0) is 16.8. The zero-order valence-electron chi connectivity index (χ0n) is 13.7. The topological polar surface area (TPSA) is 17.8 Å². The highest BCUT2D eigenvalue weighted by atomic mass is 35.5. The Morgan fingerprint density at radius 1 is 1.25 bits per heavy atom. The molecular weight excluding hydrogens is 356 g/mol. The molecule has 0 fully saturated rings. The van der Waals surface area contributed by atoms with Gasteiger partial charge in [-0.15, -0.1) is 23.1 Å². The second kappa shape index (κ2) is 8.75. The van der Waals surface area contributed by atoms with E-state index in [2.05, 4.69) is 46.8 Å². The van der Waals surface area contributed by atoms with Gasteiger partial charge in [0.05, 0.1) is 10.7 Å². The molecular formula is C19H21ClN2S2. The van der Waals surface area contributed by atoms with Crippen LogP contribution in [0.15, 0.2) is 60.0 Å². The van der Waals surface area contributed by atoms with Gasteiger partial charge in [0, 0.05) is 34.0 Å². The molecule has 0 aliphatic carbocycles. The van der Waals surface area contributed by atoms with E-state index in [-0.39, 0.29) is 0 Å². The number of halogens is 1. The van der Waals surface area contributed by atoms with E-state index in [1.165, 1.54) is 15.3 Å². The number of hydrogen-bond donors (Lipinski definition) is 0. The normalized spacial score (nSPS) is 12.4. The van der Waals surface area contributed by atoms with E-state index in [9.17, 15) is 0 Å². The summed E-state index contributed by atoms with van der Waals surface area (Å²) in [6.45, 7) is 3.19. The van der Waals surface area contributed by atoms with Crippen LogP contribution >= 0.6 is 34.7 Å². The smallest absolute Gasteiger partial charge is 0.0946 e. The Kier molecular flexibility index (Phi) is 6.41. The third-order valence-corrected chi connectivity index (χ3v) is 6.62. The Balaban J connectivity index is 1.71. The van der Waals surface area contributed by atoms with Crippen molar-refractivity contribution in [2.75, 3.05) is 0 Å². The predicted molar refractivity (Wildman–Crippen MR) is 105 cm³/mol. The number of thioether (sulfide) groups is 1. The number of imidazole rings is 1. The lowest BCUT2D eigenvalue weighted by molar-refractivity contribution is 0.626. The Morgan fingerprint density at radius 3 is 2.83 bits per heavy atom. The number of hydrogen-bond acceptors (Lipinski definition) is 3. The number of aryl methyl sites for hydroxylation is 2. The number of aromatic nitrogens is 2. The van der Waals surface area contributed by atoms with Gasteiger partial charge in [0.1, 0.15) is 0 Å². The second-order valence-electron chi connectivity index (χ2n) is 5.71. The Hall–Kier alpha value is -1.23. The summed E-state index contributed by atoms with van der Waals surface area (Å²) in [6.07, 6.45) is 9.06.